The van der Waals surface area contributed by atoms with E-state index in [0.717, 1.165) is 0 Å². The van der Waals surface area contributed by atoms with Crippen LogP contribution in [0, 0.1) is 5.82 Å². The van der Waals surface area contributed by atoms with Crippen LogP contribution in [0.3, 0.4) is 0 Å². The molecule has 0 aliphatic carbocycles. The van der Waals surface area contributed by atoms with Gasteiger partial charge in [-0.05, 0) is 29.8 Å². The lowest BCUT2D eigenvalue weighted by Gasteiger charge is -2.23. The van der Waals surface area contributed by atoms with Crippen LogP contribution in [-0.2, 0) is 13.0 Å². The number of alkyl halides is 3. The van der Waals surface area contributed by atoms with Gasteiger partial charge in [-0.2, -0.15) is 13.2 Å². The number of fused-ring (bicyclic) bond motifs is 1. The monoisotopic (exact) mass is 472 g/mol. The molecule has 1 aliphatic rings. The predicted molar refractivity (Wildman–Crippen MR) is 106 cm³/mol. The van der Waals surface area contributed by atoms with E-state index >= 15 is 4.39 Å². The Bertz CT molecular complexity index is 1120. The Morgan fingerprint density at radius 3 is 2.61 bits per heavy atom. The fraction of sp³-hybridized carbons (Fsp3) is 0.211. The molecule has 1 aliphatic heterocycles. The first-order valence-corrected chi connectivity index (χ1v) is 10.2. The Labute approximate surface area is 182 Å². The first-order chi connectivity index (χ1) is 14.7. The van der Waals surface area contributed by atoms with Crippen molar-refractivity contribution in [2.75, 3.05) is 10.8 Å². The summed E-state index contributed by atoms with van der Waals surface area (Å²) in [5.41, 5.74) is 0.478. The minimum absolute atomic E-state index is 0.0250. The molecule has 0 radical (unpaired) electrons. The van der Waals surface area contributed by atoms with Crippen molar-refractivity contribution in [1.29, 1.82) is 0 Å². The van der Waals surface area contributed by atoms with E-state index in [1.807, 2.05) is 0 Å². The SMILES string of the molecule is O=C1NCSc2ccc(-c3nnc(CC(F)(F)F)o3)c(F)c2N1Cc1ccc(Cl)cc1. The number of rotatable bonds is 4. The van der Waals surface area contributed by atoms with Crippen molar-refractivity contribution >= 4 is 35.1 Å². The van der Waals surface area contributed by atoms with Crippen LogP contribution < -0.4 is 10.2 Å². The number of amides is 2. The van der Waals surface area contributed by atoms with Gasteiger partial charge in [0, 0.05) is 9.92 Å². The number of hydrogen-bond donors (Lipinski definition) is 1. The van der Waals surface area contributed by atoms with Gasteiger partial charge in [-0.3, -0.25) is 4.90 Å². The summed E-state index contributed by atoms with van der Waals surface area (Å²) >= 11 is 7.11. The number of carbonyl (C=O) groups excluding carboxylic acids is 1. The molecule has 0 unspecified atom stereocenters. The molecule has 2 amide bonds. The maximum atomic E-state index is 15.6. The van der Waals surface area contributed by atoms with E-state index in [2.05, 4.69) is 15.5 Å². The average molecular weight is 473 g/mol. The number of nitrogens with one attached hydrogen (secondary N) is 1. The lowest BCUT2D eigenvalue weighted by molar-refractivity contribution is -0.130. The molecule has 1 aromatic heterocycles. The third-order valence-corrected chi connectivity index (χ3v) is 5.53. The maximum Gasteiger partial charge on any atom is 0.397 e. The highest BCUT2D eigenvalue weighted by atomic mass is 35.5. The molecular formula is C19H13ClF4N4O2S. The quantitative estimate of drug-likeness (QED) is 0.514. The molecule has 0 saturated carbocycles. The van der Waals surface area contributed by atoms with E-state index in [-0.39, 0.29) is 23.7 Å². The first kappa shape index (κ1) is 21.4. The van der Waals surface area contributed by atoms with Gasteiger partial charge in [0.2, 0.25) is 5.89 Å². The van der Waals surface area contributed by atoms with E-state index in [0.29, 0.717) is 15.5 Å². The number of halogens is 5. The largest absolute Gasteiger partial charge is 0.420 e. The topological polar surface area (TPSA) is 71.3 Å². The van der Waals surface area contributed by atoms with Crippen LogP contribution in [0.1, 0.15) is 11.5 Å². The predicted octanol–water partition coefficient (Wildman–Crippen LogP) is 5.41. The lowest BCUT2D eigenvalue weighted by atomic mass is 10.1. The fourth-order valence-corrected chi connectivity index (χ4v) is 3.96. The summed E-state index contributed by atoms with van der Waals surface area (Å²) in [6, 6.07) is 9.07. The fourth-order valence-electron chi connectivity index (χ4n) is 2.98. The standard InChI is InChI=1S/C19H13ClF4N4O2S/c20-11-3-1-10(2-4-11)8-28-16-13(31-9-25-18(28)29)6-5-12(15(16)21)17-27-26-14(30-17)7-19(22,23)24/h1-6H,7-9H2,(H,25,29). The van der Waals surface area contributed by atoms with Crippen LogP contribution in [0.5, 0.6) is 0 Å². The summed E-state index contributed by atoms with van der Waals surface area (Å²) in [4.78, 5) is 14.3. The Kier molecular flexibility index (Phi) is 5.80. The van der Waals surface area contributed by atoms with Gasteiger partial charge >= 0.3 is 12.2 Å². The van der Waals surface area contributed by atoms with Crippen LogP contribution in [0.2, 0.25) is 5.02 Å². The maximum absolute atomic E-state index is 15.6. The first-order valence-electron chi connectivity index (χ1n) is 8.86. The van der Waals surface area contributed by atoms with E-state index in [1.165, 1.54) is 22.7 Å². The van der Waals surface area contributed by atoms with Crippen LogP contribution in [-0.4, -0.2) is 28.3 Å². The molecule has 0 bridgehead atoms. The van der Waals surface area contributed by atoms with Crippen molar-refractivity contribution in [2.24, 2.45) is 0 Å². The van der Waals surface area contributed by atoms with E-state index in [1.54, 1.807) is 30.3 Å². The second-order valence-electron chi connectivity index (χ2n) is 6.55. The smallest absolute Gasteiger partial charge is 0.397 e. The molecular weight excluding hydrogens is 460 g/mol. The molecule has 12 heteroatoms. The number of hydrogen-bond acceptors (Lipinski definition) is 5. The van der Waals surface area contributed by atoms with Crippen molar-refractivity contribution in [3.8, 4) is 11.5 Å². The van der Waals surface area contributed by atoms with Gasteiger partial charge in [0.1, 0.15) is 6.42 Å². The second-order valence-corrected chi connectivity index (χ2v) is 8.00. The van der Waals surface area contributed by atoms with Crippen molar-refractivity contribution in [2.45, 2.75) is 24.0 Å². The van der Waals surface area contributed by atoms with Gasteiger partial charge in [0.15, 0.2) is 5.82 Å². The van der Waals surface area contributed by atoms with Gasteiger partial charge in [-0.1, -0.05) is 23.7 Å². The Morgan fingerprint density at radius 1 is 1.16 bits per heavy atom. The molecule has 6 nitrogen and oxygen atoms in total. The number of thioether (sulfide) groups is 1. The lowest BCUT2D eigenvalue weighted by Crippen LogP contribution is -2.38. The van der Waals surface area contributed by atoms with E-state index < -0.39 is 36.2 Å². The van der Waals surface area contributed by atoms with Gasteiger partial charge < -0.3 is 9.73 Å². The van der Waals surface area contributed by atoms with Crippen molar-refractivity contribution in [1.82, 2.24) is 15.5 Å². The summed E-state index contributed by atoms with van der Waals surface area (Å²) in [5, 5.41) is 10.1. The Balaban J connectivity index is 1.74. The molecule has 1 N–H and O–H groups in total. The molecule has 0 fully saturated rings. The van der Waals surface area contributed by atoms with Crippen molar-refractivity contribution in [3.05, 3.63) is 58.7 Å². The van der Waals surface area contributed by atoms with Crippen LogP contribution in [0.15, 0.2) is 45.7 Å². The number of benzene rings is 2. The van der Waals surface area contributed by atoms with Gasteiger partial charge in [0.05, 0.1) is 23.7 Å². The highest BCUT2D eigenvalue weighted by Gasteiger charge is 2.32. The number of anilines is 1. The van der Waals surface area contributed by atoms with Crippen LogP contribution in [0.4, 0.5) is 28.0 Å². The van der Waals surface area contributed by atoms with Gasteiger partial charge in [-0.25, -0.2) is 9.18 Å². The second kappa shape index (κ2) is 8.39. The minimum atomic E-state index is -4.54. The summed E-state index contributed by atoms with van der Waals surface area (Å²) in [6.07, 6.45) is -5.96. The number of aromatic nitrogens is 2. The third kappa shape index (κ3) is 4.77. The highest BCUT2D eigenvalue weighted by molar-refractivity contribution is 7.99. The average Bonchev–Trinajstić information content (AvgIpc) is 3.07. The van der Waals surface area contributed by atoms with E-state index in [9.17, 15) is 18.0 Å². The summed E-state index contributed by atoms with van der Waals surface area (Å²) < 4.78 is 58.3. The van der Waals surface area contributed by atoms with Gasteiger partial charge in [-0.15, -0.1) is 22.0 Å². The number of carbonyl (C=O) groups is 1. The van der Waals surface area contributed by atoms with Gasteiger partial charge in [0.25, 0.3) is 5.89 Å². The number of urea groups is 1. The van der Waals surface area contributed by atoms with Crippen molar-refractivity contribution in [3.63, 3.8) is 0 Å². The minimum Gasteiger partial charge on any atom is -0.420 e. The van der Waals surface area contributed by atoms with Crippen molar-refractivity contribution < 1.29 is 26.8 Å². The van der Waals surface area contributed by atoms with Crippen LogP contribution >= 0.6 is 23.4 Å². The molecule has 0 saturated heterocycles. The zero-order valence-electron chi connectivity index (χ0n) is 15.5. The molecule has 31 heavy (non-hydrogen) atoms. The van der Waals surface area contributed by atoms with E-state index in [4.69, 9.17) is 16.0 Å². The molecule has 3 aromatic rings. The molecule has 0 spiro atoms. The summed E-state index contributed by atoms with van der Waals surface area (Å²) in [5.74, 6) is -1.71. The molecule has 2 aromatic carbocycles. The third-order valence-electron chi connectivity index (χ3n) is 4.35. The summed E-state index contributed by atoms with van der Waals surface area (Å²) in [7, 11) is 0. The Hall–Kier alpha value is -2.79. The molecule has 2 heterocycles. The normalized spacial score (nSPS) is 14.2. The zero-order valence-corrected chi connectivity index (χ0v) is 17.1. The Morgan fingerprint density at radius 2 is 1.90 bits per heavy atom. The van der Waals surface area contributed by atoms with Crippen LogP contribution in [0.25, 0.3) is 11.5 Å². The highest BCUT2D eigenvalue weighted by Crippen LogP contribution is 2.40. The number of nitrogens with zero attached hydrogens (tertiary/aromatic N) is 3. The summed E-state index contributed by atoms with van der Waals surface area (Å²) in [6.45, 7) is 0.0418. The zero-order chi connectivity index (χ0) is 22.2. The molecule has 4 rings (SSSR count). The molecule has 0 atom stereocenters. The molecule has 162 valence electrons.